The second kappa shape index (κ2) is 6.01. The van der Waals surface area contributed by atoms with Crippen molar-refractivity contribution in [3.8, 4) is 0 Å². The summed E-state index contributed by atoms with van der Waals surface area (Å²) in [5, 5.41) is 0. The van der Waals surface area contributed by atoms with E-state index in [1.807, 2.05) is 18.7 Å². The summed E-state index contributed by atoms with van der Waals surface area (Å²) in [6.45, 7) is 3.19. The largest absolute Gasteiger partial charge is 0.327 e. The average molecular weight is 162 g/mol. The Morgan fingerprint density at radius 3 is 2.50 bits per heavy atom. The number of thioether (sulfide) groups is 1. The van der Waals surface area contributed by atoms with Crippen molar-refractivity contribution < 1.29 is 0 Å². The summed E-state index contributed by atoms with van der Waals surface area (Å²) in [5.74, 6) is 2.27. The lowest BCUT2D eigenvalue weighted by molar-refractivity contribution is 0.437. The third-order valence-corrected chi connectivity index (χ3v) is 2.30. The van der Waals surface area contributed by atoms with Crippen molar-refractivity contribution in [1.29, 1.82) is 0 Å². The van der Waals surface area contributed by atoms with Gasteiger partial charge >= 0.3 is 0 Å². The number of hydrogen-bond donors (Lipinski definition) is 1. The molecule has 0 aromatic heterocycles. The molecule has 0 fully saturated rings. The molecule has 2 nitrogen and oxygen atoms in total. The van der Waals surface area contributed by atoms with Crippen molar-refractivity contribution in [3.05, 3.63) is 0 Å². The third kappa shape index (κ3) is 8.27. The molecular weight excluding hydrogens is 144 g/mol. The molecule has 0 amide bonds. The SMILES string of the molecule is CC(N)CSCCN(C)C. The van der Waals surface area contributed by atoms with E-state index in [1.165, 1.54) is 5.75 Å². The first kappa shape index (κ1) is 10.3. The van der Waals surface area contributed by atoms with Crippen LogP contribution in [0, 0.1) is 0 Å². The molecule has 3 heteroatoms. The zero-order valence-corrected chi connectivity index (χ0v) is 7.95. The highest BCUT2D eigenvalue weighted by Gasteiger charge is 1.94. The van der Waals surface area contributed by atoms with Crippen LogP contribution in [0.1, 0.15) is 6.92 Å². The van der Waals surface area contributed by atoms with Crippen molar-refractivity contribution in [3.63, 3.8) is 0 Å². The lowest BCUT2D eigenvalue weighted by atomic mass is 10.4. The maximum atomic E-state index is 5.57. The minimum Gasteiger partial charge on any atom is -0.327 e. The van der Waals surface area contributed by atoms with Crippen molar-refractivity contribution in [1.82, 2.24) is 4.90 Å². The Labute approximate surface area is 68.2 Å². The molecule has 10 heavy (non-hydrogen) atoms. The van der Waals surface area contributed by atoms with Gasteiger partial charge in [-0.1, -0.05) is 0 Å². The zero-order chi connectivity index (χ0) is 7.98. The molecule has 0 radical (unpaired) electrons. The smallest absolute Gasteiger partial charge is 0.0101 e. The summed E-state index contributed by atoms with van der Waals surface area (Å²) in [4.78, 5) is 2.19. The number of hydrogen-bond acceptors (Lipinski definition) is 3. The molecule has 62 valence electrons. The maximum Gasteiger partial charge on any atom is 0.0101 e. The highest BCUT2D eigenvalue weighted by atomic mass is 32.2. The lowest BCUT2D eigenvalue weighted by Crippen LogP contribution is -2.20. The molecular formula is C7H18N2S. The quantitative estimate of drug-likeness (QED) is 0.601. The summed E-state index contributed by atoms with van der Waals surface area (Å²) in [5.41, 5.74) is 5.57. The molecule has 0 aromatic rings. The second-order valence-corrected chi connectivity index (χ2v) is 4.01. The second-order valence-electron chi connectivity index (χ2n) is 2.86. The fraction of sp³-hybridized carbons (Fsp3) is 1.00. The Morgan fingerprint density at radius 1 is 1.50 bits per heavy atom. The van der Waals surface area contributed by atoms with Crippen molar-refractivity contribution in [2.75, 3.05) is 32.1 Å². The van der Waals surface area contributed by atoms with Crippen molar-refractivity contribution >= 4 is 11.8 Å². The summed E-state index contributed by atoms with van der Waals surface area (Å²) in [7, 11) is 4.18. The topological polar surface area (TPSA) is 29.3 Å². The van der Waals surface area contributed by atoms with Crippen LogP contribution in [0.5, 0.6) is 0 Å². The Morgan fingerprint density at radius 2 is 2.10 bits per heavy atom. The van der Waals surface area contributed by atoms with Crippen molar-refractivity contribution in [2.24, 2.45) is 5.73 Å². The van der Waals surface area contributed by atoms with E-state index in [-0.39, 0.29) is 0 Å². The zero-order valence-electron chi connectivity index (χ0n) is 7.13. The molecule has 0 aliphatic carbocycles. The molecule has 0 bridgehead atoms. The highest BCUT2D eigenvalue weighted by Crippen LogP contribution is 2.00. The summed E-state index contributed by atoms with van der Waals surface area (Å²) in [6.07, 6.45) is 0. The van der Waals surface area contributed by atoms with Gasteiger partial charge < -0.3 is 10.6 Å². The Balaban J connectivity index is 2.91. The molecule has 0 aliphatic rings. The van der Waals surface area contributed by atoms with Gasteiger partial charge in [0.2, 0.25) is 0 Å². The van der Waals surface area contributed by atoms with Gasteiger partial charge in [0.1, 0.15) is 0 Å². The van der Waals surface area contributed by atoms with E-state index in [1.54, 1.807) is 0 Å². The molecule has 0 spiro atoms. The van der Waals surface area contributed by atoms with Gasteiger partial charge in [0.05, 0.1) is 0 Å². The molecule has 1 atom stereocenters. The van der Waals surface area contributed by atoms with Crippen LogP contribution >= 0.6 is 11.8 Å². The first-order valence-corrected chi connectivity index (χ1v) is 4.76. The number of nitrogens with two attached hydrogens (primary N) is 1. The van der Waals surface area contributed by atoms with Gasteiger partial charge in [-0.05, 0) is 21.0 Å². The van der Waals surface area contributed by atoms with Gasteiger partial charge in [0.25, 0.3) is 0 Å². The van der Waals surface area contributed by atoms with Crippen LogP contribution in [0.15, 0.2) is 0 Å². The molecule has 0 saturated carbocycles. The summed E-state index contributed by atoms with van der Waals surface area (Å²) < 4.78 is 0. The minimum atomic E-state index is 0.340. The highest BCUT2D eigenvalue weighted by molar-refractivity contribution is 7.99. The molecule has 0 saturated heterocycles. The molecule has 0 aromatic carbocycles. The van der Waals surface area contributed by atoms with E-state index in [0.717, 1.165) is 12.3 Å². The van der Waals surface area contributed by atoms with Crippen LogP contribution in [-0.2, 0) is 0 Å². The fourth-order valence-electron chi connectivity index (χ4n) is 0.516. The van der Waals surface area contributed by atoms with Gasteiger partial charge in [0.15, 0.2) is 0 Å². The van der Waals surface area contributed by atoms with E-state index in [0.29, 0.717) is 6.04 Å². The first-order valence-electron chi connectivity index (χ1n) is 3.61. The third-order valence-electron chi connectivity index (χ3n) is 1.06. The summed E-state index contributed by atoms with van der Waals surface area (Å²) >= 11 is 1.92. The lowest BCUT2D eigenvalue weighted by Gasteiger charge is -2.09. The summed E-state index contributed by atoms with van der Waals surface area (Å²) in [6, 6.07) is 0.340. The normalized spacial score (nSPS) is 14.1. The molecule has 1 unspecified atom stereocenters. The number of rotatable bonds is 5. The minimum absolute atomic E-state index is 0.340. The molecule has 2 N–H and O–H groups in total. The van der Waals surface area contributed by atoms with Gasteiger partial charge in [-0.25, -0.2) is 0 Å². The Bertz CT molecular complexity index is 64.0. The van der Waals surface area contributed by atoms with Gasteiger partial charge in [-0.2, -0.15) is 11.8 Å². The monoisotopic (exact) mass is 162 g/mol. The van der Waals surface area contributed by atoms with E-state index in [9.17, 15) is 0 Å². The van der Waals surface area contributed by atoms with E-state index >= 15 is 0 Å². The van der Waals surface area contributed by atoms with E-state index < -0.39 is 0 Å². The predicted molar refractivity (Wildman–Crippen MR) is 49.5 cm³/mol. The van der Waals surface area contributed by atoms with Crippen LogP contribution in [0.3, 0.4) is 0 Å². The van der Waals surface area contributed by atoms with E-state index in [4.69, 9.17) is 5.73 Å². The van der Waals surface area contributed by atoms with Crippen LogP contribution in [-0.4, -0.2) is 43.1 Å². The van der Waals surface area contributed by atoms with Crippen LogP contribution in [0.2, 0.25) is 0 Å². The fourth-order valence-corrected chi connectivity index (χ4v) is 1.55. The average Bonchev–Trinajstić information content (AvgIpc) is 1.79. The molecule has 0 aliphatic heterocycles. The Kier molecular flexibility index (Phi) is 6.17. The van der Waals surface area contributed by atoms with Crippen LogP contribution in [0.25, 0.3) is 0 Å². The molecule has 0 heterocycles. The molecule has 0 rings (SSSR count). The van der Waals surface area contributed by atoms with Gasteiger partial charge in [-0.3, -0.25) is 0 Å². The van der Waals surface area contributed by atoms with Crippen LogP contribution in [0.4, 0.5) is 0 Å². The predicted octanol–water partition coefficient (Wildman–Crippen LogP) is 0.628. The number of nitrogens with zero attached hydrogens (tertiary/aromatic N) is 1. The van der Waals surface area contributed by atoms with Crippen LogP contribution < -0.4 is 5.73 Å². The van der Waals surface area contributed by atoms with E-state index in [2.05, 4.69) is 19.0 Å². The van der Waals surface area contributed by atoms with Crippen molar-refractivity contribution in [2.45, 2.75) is 13.0 Å². The first-order chi connectivity index (χ1) is 4.63. The Hall–Kier alpha value is 0.270. The standard InChI is InChI=1S/C7H18N2S/c1-7(8)6-10-5-4-9(2)3/h7H,4-6,8H2,1-3H3. The van der Waals surface area contributed by atoms with Gasteiger partial charge in [-0.15, -0.1) is 0 Å². The van der Waals surface area contributed by atoms with Gasteiger partial charge in [0, 0.05) is 24.1 Å². The maximum absolute atomic E-state index is 5.57.